The van der Waals surface area contributed by atoms with E-state index in [0.29, 0.717) is 39.7 Å². The topological polar surface area (TPSA) is 36.8 Å². The van der Waals surface area contributed by atoms with Crippen LogP contribution in [0.1, 0.15) is 26.3 Å². The van der Waals surface area contributed by atoms with Gasteiger partial charge in [-0.15, -0.1) is 42.4 Å². The van der Waals surface area contributed by atoms with Gasteiger partial charge in [0.25, 0.3) is 0 Å². The molecule has 372 valence electrons. The van der Waals surface area contributed by atoms with Crippen LogP contribution in [0, 0.1) is 42.1 Å². The minimum absolute atomic E-state index is 0. The standard InChI is InChI=1S/C64H44F4N5O.Pt/c1-64(2,3)43-27-28-69-62(33-43)73-58-22-11-10-19-56(58)57-26-25-52(39-61(57)73)74-53-37-50(36-51(38-53)72(48-15-6-4-7-16-48)49-17-8-5-9-18-49)70-40-71(60-24-13-12-23-59(60)70)63-54(41-29-44(65)34-45(66)30-41)20-14-21-55(63)42-31-46(67)35-47(68)32-42;/h4-36,38,40H,1-3H3;/q-3;. The zero-order valence-electron chi connectivity index (χ0n) is 40.7. The molecule has 0 radical (unpaired) electrons. The van der Waals surface area contributed by atoms with Gasteiger partial charge in [0.1, 0.15) is 29.1 Å². The van der Waals surface area contributed by atoms with Crippen molar-refractivity contribution in [3.8, 4) is 39.6 Å². The van der Waals surface area contributed by atoms with Crippen molar-refractivity contribution in [1.82, 2.24) is 9.55 Å². The fourth-order valence-electron chi connectivity index (χ4n) is 9.90. The SMILES string of the molecule is CC(C)(C)c1ccnc(-n2c3[c-]c(Oc4[c-]c(N5[CH-]N(c6c(-c7cc(F)cc(F)c7)cccc6-c6cc(F)cc(F)c6)c6ccccc65)cc(N(c5ccccc5)c5ccccc5)c4)ccc3c3ccccc32)c1.[Pt]. The zero-order valence-corrected chi connectivity index (χ0v) is 43.0. The number of hydrogen-bond donors (Lipinski definition) is 0. The number of hydrogen-bond acceptors (Lipinski definition) is 5. The molecule has 11 heteroatoms. The summed E-state index contributed by atoms with van der Waals surface area (Å²) in [6.45, 7) is 8.40. The Morgan fingerprint density at radius 3 is 1.71 bits per heavy atom. The summed E-state index contributed by atoms with van der Waals surface area (Å²) in [6, 6.07) is 67.0. The van der Waals surface area contributed by atoms with Gasteiger partial charge in [-0.2, -0.15) is 6.07 Å². The molecule has 75 heavy (non-hydrogen) atoms. The Hall–Kier alpha value is -8.46. The Balaban J connectivity index is 0.00000602. The Kier molecular flexibility index (Phi) is 12.9. The molecule has 0 bridgehead atoms. The van der Waals surface area contributed by atoms with Gasteiger partial charge < -0.3 is 24.0 Å². The first kappa shape index (κ1) is 48.8. The summed E-state index contributed by atoms with van der Waals surface area (Å²) < 4.78 is 69.5. The molecule has 2 aromatic heterocycles. The fourth-order valence-corrected chi connectivity index (χ4v) is 9.90. The van der Waals surface area contributed by atoms with Crippen LogP contribution in [0.4, 0.5) is 57.4 Å². The van der Waals surface area contributed by atoms with Crippen molar-refractivity contribution in [2.45, 2.75) is 26.2 Å². The van der Waals surface area contributed by atoms with Crippen LogP contribution < -0.4 is 19.4 Å². The average molecular weight is 1170 g/mol. The van der Waals surface area contributed by atoms with Crippen LogP contribution in [0.2, 0.25) is 0 Å². The third-order valence-corrected chi connectivity index (χ3v) is 13.2. The average Bonchev–Trinajstić information content (AvgIpc) is 3.98. The molecule has 0 spiro atoms. The van der Waals surface area contributed by atoms with Gasteiger partial charge in [0.2, 0.25) is 0 Å². The van der Waals surface area contributed by atoms with Gasteiger partial charge in [-0.1, -0.05) is 123 Å². The summed E-state index contributed by atoms with van der Waals surface area (Å²) in [7, 11) is 0. The van der Waals surface area contributed by atoms with Crippen molar-refractivity contribution in [3.05, 3.63) is 254 Å². The Labute approximate surface area is 446 Å². The molecule has 0 fully saturated rings. The molecule has 3 heterocycles. The second-order valence-electron chi connectivity index (χ2n) is 19.1. The number of rotatable bonds is 10. The van der Waals surface area contributed by atoms with Crippen LogP contribution in [0.25, 0.3) is 49.9 Å². The summed E-state index contributed by atoms with van der Waals surface area (Å²) in [5.74, 6) is -1.52. The van der Waals surface area contributed by atoms with E-state index in [1.165, 1.54) is 24.3 Å². The minimum atomic E-state index is -0.773. The van der Waals surface area contributed by atoms with Gasteiger partial charge in [-0.05, 0) is 106 Å². The normalized spacial score (nSPS) is 12.3. The van der Waals surface area contributed by atoms with E-state index in [-0.39, 0.29) is 37.6 Å². The van der Waals surface area contributed by atoms with Crippen LogP contribution in [0.3, 0.4) is 0 Å². The summed E-state index contributed by atoms with van der Waals surface area (Å²) in [4.78, 5) is 10.8. The van der Waals surface area contributed by atoms with Crippen molar-refractivity contribution in [2.75, 3.05) is 14.7 Å². The van der Waals surface area contributed by atoms with E-state index in [9.17, 15) is 0 Å². The Bertz CT molecular complexity index is 3790. The zero-order chi connectivity index (χ0) is 50.7. The molecule has 0 amide bonds. The molecule has 1 aliphatic heterocycles. The van der Waals surface area contributed by atoms with Crippen LogP contribution in [-0.2, 0) is 26.5 Å². The van der Waals surface area contributed by atoms with Gasteiger partial charge in [-0.3, -0.25) is 0 Å². The summed E-state index contributed by atoms with van der Waals surface area (Å²) >= 11 is 0. The molecule has 11 aromatic rings. The first-order valence-corrected chi connectivity index (χ1v) is 24.1. The number of pyridine rings is 1. The fraction of sp³-hybridized carbons (Fsp3) is 0.0625. The molecule has 9 aromatic carbocycles. The van der Waals surface area contributed by atoms with E-state index in [1.807, 2.05) is 150 Å². The van der Waals surface area contributed by atoms with Crippen LogP contribution in [0.15, 0.2) is 206 Å². The molecule has 1 aliphatic rings. The summed E-state index contributed by atoms with van der Waals surface area (Å²) in [5, 5.41) is 2.03. The van der Waals surface area contributed by atoms with E-state index in [2.05, 4.69) is 60.6 Å². The van der Waals surface area contributed by atoms with E-state index >= 15 is 17.6 Å². The third-order valence-electron chi connectivity index (χ3n) is 13.2. The number of ether oxygens (including phenoxy) is 1. The van der Waals surface area contributed by atoms with E-state index in [4.69, 9.17) is 9.72 Å². The van der Waals surface area contributed by atoms with Gasteiger partial charge in [0.05, 0.1) is 0 Å². The van der Waals surface area contributed by atoms with Crippen molar-refractivity contribution >= 4 is 61.6 Å². The Morgan fingerprint density at radius 1 is 0.520 bits per heavy atom. The molecular formula is C64H44F4N5OPt-3. The Morgan fingerprint density at radius 2 is 1.09 bits per heavy atom. The smallest absolute Gasteiger partial charge is 0.135 e. The van der Waals surface area contributed by atoms with Gasteiger partial charge in [0.15, 0.2) is 0 Å². The number of fused-ring (bicyclic) bond motifs is 4. The third kappa shape index (κ3) is 9.31. The molecule has 0 N–H and O–H groups in total. The van der Waals surface area contributed by atoms with E-state index in [0.717, 1.165) is 68.1 Å². The van der Waals surface area contributed by atoms with E-state index < -0.39 is 23.3 Å². The molecule has 0 unspecified atom stereocenters. The molecule has 0 aliphatic carbocycles. The van der Waals surface area contributed by atoms with Gasteiger partial charge >= 0.3 is 0 Å². The van der Waals surface area contributed by atoms with Crippen molar-refractivity contribution in [2.24, 2.45) is 0 Å². The molecule has 0 atom stereocenters. The van der Waals surface area contributed by atoms with Gasteiger partial charge in [0, 0.05) is 96.0 Å². The van der Waals surface area contributed by atoms with Crippen molar-refractivity contribution in [3.63, 3.8) is 0 Å². The largest absolute Gasteiger partial charge is 0.509 e. The maximum Gasteiger partial charge on any atom is 0.135 e. The maximum absolute atomic E-state index is 15.1. The van der Waals surface area contributed by atoms with Gasteiger partial charge in [-0.25, -0.2) is 22.5 Å². The number of benzene rings is 9. The number of aromatic nitrogens is 2. The quantitative estimate of drug-likeness (QED) is 0.101. The van der Waals surface area contributed by atoms with Crippen LogP contribution in [-0.4, -0.2) is 9.55 Å². The second kappa shape index (κ2) is 19.8. The number of nitrogens with zero attached hydrogens (tertiary/aromatic N) is 5. The van der Waals surface area contributed by atoms with E-state index in [1.54, 1.807) is 18.2 Å². The van der Waals surface area contributed by atoms with Crippen LogP contribution in [0.5, 0.6) is 11.5 Å². The number of para-hydroxylation sites is 6. The first-order chi connectivity index (χ1) is 35.9. The molecule has 0 saturated carbocycles. The predicted molar refractivity (Wildman–Crippen MR) is 288 cm³/mol. The monoisotopic (exact) mass is 1170 g/mol. The minimum Gasteiger partial charge on any atom is -0.509 e. The summed E-state index contributed by atoms with van der Waals surface area (Å²) in [6.07, 6.45) is 1.85. The molecule has 6 nitrogen and oxygen atoms in total. The molecule has 12 rings (SSSR count). The van der Waals surface area contributed by atoms with Crippen molar-refractivity contribution in [1.29, 1.82) is 0 Å². The molecular weight excluding hydrogens is 1130 g/mol. The van der Waals surface area contributed by atoms with Crippen molar-refractivity contribution < 1.29 is 43.4 Å². The number of anilines is 7. The predicted octanol–water partition coefficient (Wildman–Crippen LogP) is 17.6. The first-order valence-electron chi connectivity index (χ1n) is 24.1. The number of halogens is 4. The maximum atomic E-state index is 15.1. The second-order valence-corrected chi connectivity index (χ2v) is 19.1. The molecule has 0 saturated heterocycles. The summed E-state index contributed by atoms with van der Waals surface area (Å²) in [5.41, 5.74) is 9.01. The van der Waals surface area contributed by atoms with Crippen LogP contribution >= 0.6 is 0 Å².